The quantitative estimate of drug-likeness (QED) is 0.279. The van der Waals surface area contributed by atoms with Gasteiger partial charge in [0.05, 0.1) is 21.4 Å². The highest BCUT2D eigenvalue weighted by atomic mass is 15.2. The van der Waals surface area contributed by atoms with Crippen LogP contribution in [0.2, 0.25) is 0 Å². The van der Waals surface area contributed by atoms with Crippen LogP contribution in [0.1, 0.15) is 0 Å². The van der Waals surface area contributed by atoms with Crippen molar-refractivity contribution in [2.45, 2.75) is 0 Å². The van der Waals surface area contributed by atoms with E-state index in [1.165, 1.54) is 0 Å². The standard InChI is InChI=1S/C36H24N4/c1-2-6-34-26-11-19-30(20-12-26)38-40-32-23-15-28(16-24-32)36-8-4-3-7-35(36)27-13-21-31(22-14-27)39-37-29-17-9-25(10-18-29)33(34)5-1/h1-24H. The Morgan fingerprint density at radius 3 is 0.625 bits per heavy atom. The normalized spacial score (nSPS) is 11.8. The maximum absolute atomic E-state index is 4.49. The predicted molar refractivity (Wildman–Crippen MR) is 154 cm³/mol. The Morgan fingerprint density at radius 1 is 0.225 bits per heavy atom. The van der Waals surface area contributed by atoms with Crippen LogP contribution >= 0.6 is 0 Å². The topological polar surface area (TPSA) is 49.4 Å². The molecule has 4 heteroatoms. The predicted octanol–water partition coefficient (Wildman–Crippen LogP) is 4.86. The second kappa shape index (κ2) is 10.4. The van der Waals surface area contributed by atoms with Crippen LogP contribution in [-0.2, 0) is 0 Å². The molecule has 0 radical (unpaired) electrons. The van der Waals surface area contributed by atoms with E-state index in [4.69, 9.17) is 0 Å². The Bertz CT molecular complexity index is 2110. The van der Waals surface area contributed by atoms with E-state index in [-0.39, 0.29) is 0 Å². The molecule has 0 spiro atoms. The van der Waals surface area contributed by atoms with Gasteiger partial charge in [0.1, 0.15) is 0 Å². The summed E-state index contributed by atoms with van der Waals surface area (Å²) < 4.78 is 0. The highest BCUT2D eigenvalue weighted by molar-refractivity contribution is 5.22. The lowest BCUT2D eigenvalue weighted by Crippen LogP contribution is -2.02. The molecule has 0 amide bonds. The van der Waals surface area contributed by atoms with Crippen LogP contribution in [0.3, 0.4) is 0 Å². The van der Waals surface area contributed by atoms with E-state index in [9.17, 15) is 0 Å². The van der Waals surface area contributed by atoms with Gasteiger partial charge in [0.15, 0.2) is 0 Å². The van der Waals surface area contributed by atoms with Gasteiger partial charge in [-0.2, -0.15) is 20.4 Å². The smallest absolute Gasteiger partial charge is 0.0857 e. The first kappa shape index (κ1) is 23.6. The molecule has 6 aromatic rings. The molecule has 7 heterocycles. The number of benzene rings is 6. The molecule has 0 aromatic heterocycles. The molecule has 0 atom stereocenters. The van der Waals surface area contributed by atoms with E-state index in [2.05, 4.69) is 117 Å². The number of hydrogen-bond acceptors (Lipinski definition) is 4. The zero-order valence-corrected chi connectivity index (χ0v) is 21.6. The van der Waals surface area contributed by atoms with E-state index in [1.807, 2.05) is 48.5 Å². The van der Waals surface area contributed by atoms with Crippen LogP contribution in [-0.4, -0.2) is 0 Å². The summed E-state index contributed by atoms with van der Waals surface area (Å²) in [7, 11) is 0. The number of rotatable bonds is 0. The third-order valence-electron chi connectivity index (χ3n) is 7.13. The molecule has 40 heavy (non-hydrogen) atoms. The summed E-state index contributed by atoms with van der Waals surface area (Å²) in [6.07, 6.45) is 0. The van der Waals surface area contributed by atoms with Crippen molar-refractivity contribution < 1.29 is 0 Å². The summed E-state index contributed by atoms with van der Waals surface area (Å²) in [4.78, 5) is 0. The maximum atomic E-state index is 4.49. The van der Waals surface area contributed by atoms with E-state index < -0.39 is 0 Å². The fraction of sp³-hybridized carbons (Fsp3) is 0. The van der Waals surface area contributed by atoms with Crippen molar-refractivity contribution in [2.24, 2.45) is 20.4 Å². The van der Waals surface area contributed by atoms with E-state index in [1.54, 1.807) is 0 Å². The van der Waals surface area contributed by atoms with Crippen LogP contribution in [0.15, 0.2) is 166 Å². The Balaban J connectivity index is 1.58. The van der Waals surface area contributed by atoms with Gasteiger partial charge < -0.3 is 0 Å². The van der Waals surface area contributed by atoms with Gasteiger partial charge in [-0.1, -0.05) is 97.1 Å². The minimum atomic E-state index is 0.809. The minimum Gasteiger partial charge on any atom is -0.151 e. The lowest BCUT2D eigenvalue weighted by Gasteiger charge is -1.95. The lowest BCUT2D eigenvalue weighted by molar-refractivity contribution is 1.06. The Kier molecular flexibility index (Phi) is 6.11. The molecule has 0 aliphatic carbocycles. The van der Waals surface area contributed by atoms with Gasteiger partial charge in [-0.25, -0.2) is 0 Å². The molecule has 13 rings (SSSR count). The first-order valence-corrected chi connectivity index (χ1v) is 13.2. The molecule has 7 aliphatic rings. The summed E-state index contributed by atoms with van der Waals surface area (Å²) >= 11 is 0. The molecule has 0 saturated carbocycles. The first-order valence-electron chi connectivity index (χ1n) is 13.2. The third kappa shape index (κ3) is 4.74. The maximum Gasteiger partial charge on any atom is 0.0857 e. The van der Waals surface area contributed by atoms with Crippen molar-refractivity contribution in [3.8, 4) is 0 Å². The van der Waals surface area contributed by atoms with Crippen LogP contribution in [0.5, 0.6) is 0 Å². The van der Waals surface area contributed by atoms with Crippen LogP contribution in [0, 0.1) is 41.7 Å². The van der Waals surface area contributed by atoms with Gasteiger partial charge in [0, 0.05) is 0 Å². The fourth-order valence-electron chi connectivity index (χ4n) is 5.03. The Hall–Kier alpha value is -5.48. The molecule has 188 valence electrons. The Labute approximate surface area is 228 Å². The van der Waals surface area contributed by atoms with E-state index >= 15 is 0 Å². The number of nitrogens with zero attached hydrogens (tertiary/aromatic N) is 4. The second-order valence-electron chi connectivity index (χ2n) is 9.68. The second-order valence-corrected chi connectivity index (χ2v) is 9.68. The minimum absolute atomic E-state index is 0.809. The van der Waals surface area contributed by atoms with Gasteiger partial charge in [-0.05, 0) is 90.3 Å². The van der Waals surface area contributed by atoms with Crippen molar-refractivity contribution in [3.63, 3.8) is 0 Å². The Morgan fingerprint density at radius 2 is 0.425 bits per heavy atom. The zero-order valence-electron chi connectivity index (χ0n) is 21.6. The highest BCUT2D eigenvalue weighted by Crippen LogP contribution is 2.03. The summed E-state index contributed by atoms with van der Waals surface area (Å²) in [5, 5.41) is 30.3. The van der Waals surface area contributed by atoms with Crippen LogP contribution in [0.25, 0.3) is 0 Å². The van der Waals surface area contributed by atoms with Crippen molar-refractivity contribution in [3.05, 3.63) is 209 Å². The molecule has 0 unspecified atom stereocenters. The molecule has 8 bridgehead atoms. The molecular weight excluding hydrogens is 488 g/mol. The van der Waals surface area contributed by atoms with Crippen molar-refractivity contribution in [1.82, 2.24) is 0 Å². The van der Waals surface area contributed by atoms with Gasteiger partial charge in [0.2, 0.25) is 0 Å². The lowest BCUT2D eigenvalue weighted by atomic mass is 10.1. The van der Waals surface area contributed by atoms with Crippen molar-refractivity contribution in [1.29, 1.82) is 0 Å². The van der Waals surface area contributed by atoms with Gasteiger partial charge in [-0.3, -0.25) is 0 Å². The molecule has 7 aliphatic heterocycles. The molecule has 0 N–H and O–H groups in total. The summed E-state index contributed by atoms with van der Waals surface area (Å²) in [6, 6.07) is 49.7. The van der Waals surface area contributed by atoms with Crippen LogP contribution < -0.4 is 21.4 Å². The zero-order chi connectivity index (χ0) is 26.7. The highest BCUT2D eigenvalue weighted by Gasteiger charge is 1.93. The average Bonchev–Trinajstić information content (AvgIpc) is 3.03. The summed E-state index contributed by atoms with van der Waals surface area (Å²) in [6.45, 7) is 0. The van der Waals surface area contributed by atoms with Crippen molar-refractivity contribution in [2.75, 3.05) is 0 Å². The third-order valence-corrected chi connectivity index (χ3v) is 7.13. The van der Waals surface area contributed by atoms with Crippen molar-refractivity contribution >= 4 is 0 Å². The molecular formula is C36H24N4. The SMILES string of the molecule is c1ccc2c(c1)=c1ccc(cc1)=NN=c1ccc(cc1)=c1ccccc1=c1ccc(cc1)=NN=c1ccc=2cc1. The molecule has 0 fully saturated rings. The first-order chi connectivity index (χ1) is 19.8. The summed E-state index contributed by atoms with van der Waals surface area (Å²) in [5.74, 6) is 0. The van der Waals surface area contributed by atoms with Crippen LogP contribution in [0.4, 0.5) is 0 Å². The average molecular weight is 513 g/mol. The van der Waals surface area contributed by atoms with E-state index in [0.717, 1.165) is 63.2 Å². The number of hydrogen-bond donors (Lipinski definition) is 0. The largest absolute Gasteiger partial charge is 0.151 e. The van der Waals surface area contributed by atoms with Gasteiger partial charge in [0.25, 0.3) is 0 Å². The fourth-order valence-corrected chi connectivity index (χ4v) is 5.03. The molecule has 0 saturated heterocycles. The van der Waals surface area contributed by atoms with Gasteiger partial charge in [-0.15, -0.1) is 0 Å². The van der Waals surface area contributed by atoms with E-state index in [0.29, 0.717) is 0 Å². The molecule has 6 aromatic carbocycles. The monoisotopic (exact) mass is 512 g/mol. The molecule has 4 nitrogen and oxygen atoms in total. The summed E-state index contributed by atoms with van der Waals surface area (Å²) in [5.41, 5.74) is 0. The van der Waals surface area contributed by atoms with Gasteiger partial charge >= 0.3 is 0 Å².